The van der Waals surface area contributed by atoms with Gasteiger partial charge >= 0.3 is 12.1 Å². The molecule has 0 radical (unpaired) electrons. The zero-order chi connectivity index (χ0) is 28.1. The number of likely N-dealkylation sites (tertiary alicyclic amines) is 1. The predicted molar refractivity (Wildman–Crippen MR) is 143 cm³/mol. The van der Waals surface area contributed by atoms with Crippen LogP contribution < -0.4 is 4.90 Å². The summed E-state index contributed by atoms with van der Waals surface area (Å²) < 4.78 is 40.5. The van der Waals surface area contributed by atoms with E-state index < -0.39 is 30.3 Å². The number of anilines is 1. The second-order valence-electron chi connectivity index (χ2n) is 11.3. The largest absolute Gasteiger partial charge is 0.477 e. The van der Waals surface area contributed by atoms with Crippen LogP contribution in [0, 0.1) is 5.41 Å². The van der Waals surface area contributed by atoms with E-state index in [2.05, 4.69) is 9.88 Å². The number of carbonyl (C=O) groups is 2. The lowest BCUT2D eigenvalue weighted by atomic mass is 9.77. The van der Waals surface area contributed by atoms with Gasteiger partial charge in [0.05, 0.1) is 11.6 Å². The van der Waals surface area contributed by atoms with Gasteiger partial charge in [0.15, 0.2) is 0 Å². The molecule has 0 bridgehead atoms. The number of hydrogen-bond donors (Lipinski definition) is 1. The van der Waals surface area contributed by atoms with E-state index in [4.69, 9.17) is 0 Å². The lowest BCUT2D eigenvalue weighted by molar-refractivity contribution is -0.135. The number of amides is 1. The number of hydrogen-bond acceptors (Lipinski definition) is 5. The number of aromatic nitrogens is 1. The summed E-state index contributed by atoms with van der Waals surface area (Å²) >= 11 is 0. The van der Waals surface area contributed by atoms with Crippen molar-refractivity contribution in [2.45, 2.75) is 44.3 Å². The number of carbonyl (C=O) groups excluding carboxylic acids is 1. The molecule has 4 heterocycles. The number of piperidine rings is 1. The SMILES string of the molecule is O=C(O)C1=CC=C(C(F)(F)F)CN1C1CCc2ccc(C(=O)N3CCC4(CCN(c5ccncc5)CC4)C3)cc21. The molecule has 1 aromatic heterocycles. The number of aliphatic carboxylic acids is 1. The van der Waals surface area contributed by atoms with Gasteiger partial charge in [-0.3, -0.25) is 9.78 Å². The van der Waals surface area contributed by atoms with Crippen LogP contribution in [0.15, 0.2) is 66.1 Å². The van der Waals surface area contributed by atoms with Crippen LogP contribution in [0.4, 0.5) is 18.9 Å². The summed E-state index contributed by atoms with van der Waals surface area (Å²) in [6.07, 6.45) is 4.99. The van der Waals surface area contributed by atoms with E-state index in [-0.39, 0.29) is 17.0 Å². The van der Waals surface area contributed by atoms with E-state index in [1.807, 2.05) is 23.1 Å². The molecular weight excluding hydrogens is 521 g/mol. The normalized spacial score (nSPS) is 22.3. The van der Waals surface area contributed by atoms with Crippen LogP contribution in [0.5, 0.6) is 0 Å². The molecule has 0 saturated carbocycles. The van der Waals surface area contributed by atoms with Gasteiger partial charge in [-0.2, -0.15) is 13.2 Å². The first-order chi connectivity index (χ1) is 19.1. The van der Waals surface area contributed by atoms with E-state index in [1.165, 1.54) is 4.90 Å². The average molecular weight is 553 g/mol. The highest BCUT2D eigenvalue weighted by molar-refractivity contribution is 5.95. The second-order valence-corrected chi connectivity index (χ2v) is 11.3. The number of pyridine rings is 1. The van der Waals surface area contributed by atoms with E-state index in [1.54, 1.807) is 24.5 Å². The first-order valence-corrected chi connectivity index (χ1v) is 13.7. The van der Waals surface area contributed by atoms with E-state index >= 15 is 0 Å². The van der Waals surface area contributed by atoms with E-state index in [0.29, 0.717) is 31.5 Å². The fourth-order valence-electron chi connectivity index (χ4n) is 6.78. The second kappa shape index (κ2) is 9.98. The average Bonchev–Trinajstić information content (AvgIpc) is 3.57. The minimum absolute atomic E-state index is 0.0783. The van der Waals surface area contributed by atoms with Crippen molar-refractivity contribution < 1.29 is 27.9 Å². The van der Waals surface area contributed by atoms with Crippen molar-refractivity contribution in [1.29, 1.82) is 0 Å². The van der Waals surface area contributed by atoms with Crippen LogP contribution in [-0.4, -0.2) is 70.7 Å². The summed E-state index contributed by atoms with van der Waals surface area (Å²) in [5.41, 5.74) is 2.49. The van der Waals surface area contributed by atoms with Crippen molar-refractivity contribution in [2.24, 2.45) is 5.41 Å². The Kier molecular flexibility index (Phi) is 6.59. The summed E-state index contributed by atoms with van der Waals surface area (Å²) in [6.45, 7) is 2.68. The minimum atomic E-state index is -4.54. The summed E-state index contributed by atoms with van der Waals surface area (Å²) in [6, 6.07) is 8.93. The number of aryl methyl sites for hydroxylation is 1. The summed E-state index contributed by atoms with van der Waals surface area (Å²) in [5, 5.41) is 9.71. The first-order valence-electron chi connectivity index (χ1n) is 13.7. The van der Waals surface area contributed by atoms with Crippen LogP contribution in [0.1, 0.15) is 53.2 Å². The van der Waals surface area contributed by atoms with Crippen molar-refractivity contribution in [2.75, 3.05) is 37.6 Å². The lowest BCUT2D eigenvalue weighted by Gasteiger charge is -2.40. The van der Waals surface area contributed by atoms with Gasteiger partial charge < -0.3 is 19.8 Å². The van der Waals surface area contributed by atoms with Crippen LogP contribution in [0.25, 0.3) is 0 Å². The summed E-state index contributed by atoms with van der Waals surface area (Å²) in [4.78, 5) is 35.2. The van der Waals surface area contributed by atoms with Gasteiger partial charge in [0, 0.05) is 56.4 Å². The number of carboxylic acid groups (broad SMARTS) is 1. The molecule has 1 atom stereocenters. The van der Waals surface area contributed by atoms with Gasteiger partial charge in [0.1, 0.15) is 5.70 Å². The molecule has 2 saturated heterocycles. The van der Waals surface area contributed by atoms with Gasteiger partial charge in [0.25, 0.3) is 5.91 Å². The summed E-state index contributed by atoms with van der Waals surface area (Å²) in [5.74, 6) is -1.35. The Morgan fingerprint density at radius 3 is 2.42 bits per heavy atom. The number of rotatable bonds is 4. The molecule has 1 N–H and O–H groups in total. The Morgan fingerprint density at radius 1 is 1.00 bits per heavy atom. The van der Waals surface area contributed by atoms with Crippen LogP contribution >= 0.6 is 0 Å². The van der Waals surface area contributed by atoms with Crippen molar-refractivity contribution in [3.63, 3.8) is 0 Å². The van der Waals surface area contributed by atoms with Gasteiger partial charge in [-0.25, -0.2) is 4.79 Å². The zero-order valence-corrected chi connectivity index (χ0v) is 22.0. The van der Waals surface area contributed by atoms with Crippen molar-refractivity contribution in [3.8, 4) is 0 Å². The fraction of sp³-hybridized carbons (Fsp3) is 0.433. The quantitative estimate of drug-likeness (QED) is 0.577. The maximum absolute atomic E-state index is 13.6. The topological polar surface area (TPSA) is 77.0 Å². The molecule has 40 heavy (non-hydrogen) atoms. The first kappa shape index (κ1) is 26.4. The molecule has 1 amide bonds. The smallest absolute Gasteiger partial charge is 0.414 e. The molecule has 1 spiro atoms. The standard InChI is InChI=1S/C30H31F3N4O3/c31-30(32,33)22-4-6-26(28(39)40)37(18-22)25-5-3-20-1-2-21(17-24(20)25)27(38)36-16-11-29(19-36)9-14-35(15-10-29)23-7-12-34-13-8-23/h1-2,4,6-8,12-13,17,25H,3,5,9-11,14-16,18-19H2,(H,39,40). The van der Waals surface area contributed by atoms with Crippen LogP contribution in [0.2, 0.25) is 0 Å². The number of alkyl halides is 3. The van der Waals surface area contributed by atoms with Crippen LogP contribution in [-0.2, 0) is 11.2 Å². The highest BCUT2D eigenvalue weighted by Gasteiger charge is 2.43. The third kappa shape index (κ3) is 4.84. The lowest BCUT2D eigenvalue weighted by Crippen LogP contribution is -2.42. The molecule has 6 rings (SSSR count). The Bertz CT molecular complexity index is 1380. The molecule has 2 fully saturated rings. The van der Waals surface area contributed by atoms with Gasteiger partial charge in [0.2, 0.25) is 0 Å². The minimum Gasteiger partial charge on any atom is -0.477 e. The molecular formula is C30H31F3N4O3. The number of fused-ring (bicyclic) bond motifs is 1. The highest BCUT2D eigenvalue weighted by atomic mass is 19.4. The van der Waals surface area contributed by atoms with Crippen molar-refractivity contribution in [1.82, 2.24) is 14.8 Å². The molecule has 1 aromatic carbocycles. The number of nitrogens with zero attached hydrogens (tertiary/aromatic N) is 4. The molecule has 4 aliphatic rings. The Balaban J connectivity index is 1.17. The van der Waals surface area contributed by atoms with Gasteiger partial charge in [-0.05, 0) is 85.1 Å². The highest BCUT2D eigenvalue weighted by Crippen LogP contribution is 2.44. The number of carboxylic acids is 1. The molecule has 2 aromatic rings. The van der Waals surface area contributed by atoms with Crippen molar-refractivity contribution >= 4 is 17.6 Å². The molecule has 10 heteroatoms. The monoisotopic (exact) mass is 552 g/mol. The summed E-state index contributed by atoms with van der Waals surface area (Å²) in [7, 11) is 0. The third-order valence-corrected chi connectivity index (χ3v) is 9.07. The maximum Gasteiger partial charge on any atom is 0.414 e. The molecule has 7 nitrogen and oxygen atoms in total. The number of benzene rings is 1. The van der Waals surface area contributed by atoms with Gasteiger partial charge in [-0.15, -0.1) is 0 Å². The van der Waals surface area contributed by atoms with E-state index in [9.17, 15) is 27.9 Å². The van der Waals surface area contributed by atoms with Crippen molar-refractivity contribution in [3.05, 3.63) is 82.8 Å². The molecule has 1 aliphatic carbocycles. The van der Waals surface area contributed by atoms with E-state index in [0.717, 1.165) is 61.3 Å². The number of halogens is 3. The maximum atomic E-state index is 13.6. The Labute approximate surface area is 230 Å². The van der Waals surface area contributed by atoms with Crippen LogP contribution in [0.3, 0.4) is 0 Å². The van der Waals surface area contributed by atoms with Gasteiger partial charge in [-0.1, -0.05) is 6.07 Å². The fourth-order valence-corrected chi connectivity index (χ4v) is 6.78. The third-order valence-electron chi connectivity index (χ3n) is 9.07. The molecule has 1 unspecified atom stereocenters. The predicted octanol–water partition coefficient (Wildman–Crippen LogP) is 4.97. The zero-order valence-electron chi connectivity index (χ0n) is 22.0. The Morgan fingerprint density at radius 2 is 1.73 bits per heavy atom. The molecule has 210 valence electrons. The molecule has 3 aliphatic heterocycles. The Hall–Kier alpha value is -3.82. The number of allylic oxidation sites excluding steroid dienone is 2.